The lowest BCUT2D eigenvalue weighted by Gasteiger charge is -2.26. The van der Waals surface area contributed by atoms with Gasteiger partial charge in [0.2, 0.25) is 0 Å². The third kappa shape index (κ3) is 2.90. The molecule has 18 heavy (non-hydrogen) atoms. The zero-order valence-electron chi connectivity index (χ0n) is 11.2. The second-order valence-corrected chi connectivity index (χ2v) is 5.76. The van der Waals surface area contributed by atoms with Crippen molar-refractivity contribution < 1.29 is 0 Å². The van der Waals surface area contributed by atoms with Crippen LogP contribution in [0.3, 0.4) is 0 Å². The van der Waals surface area contributed by atoms with Crippen LogP contribution in [0.5, 0.6) is 0 Å². The largest absolute Gasteiger partial charge is 0.313 e. The van der Waals surface area contributed by atoms with E-state index in [-0.39, 0.29) is 0 Å². The Morgan fingerprint density at radius 3 is 2.94 bits per heavy atom. The van der Waals surface area contributed by atoms with Crippen LogP contribution in [0.15, 0.2) is 18.5 Å². The van der Waals surface area contributed by atoms with Gasteiger partial charge >= 0.3 is 0 Å². The summed E-state index contributed by atoms with van der Waals surface area (Å²) in [5, 5.41) is 3.61. The van der Waals surface area contributed by atoms with Crippen LogP contribution in [-0.4, -0.2) is 35.1 Å². The molecule has 2 fully saturated rings. The Hall–Kier alpha value is -0.930. The Kier molecular flexibility index (Phi) is 3.62. The van der Waals surface area contributed by atoms with Gasteiger partial charge in [-0.3, -0.25) is 9.88 Å². The lowest BCUT2D eigenvalue weighted by atomic mass is 10.1. The van der Waals surface area contributed by atoms with Crippen molar-refractivity contribution in [3.8, 4) is 0 Å². The van der Waals surface area contributed by atoms with Gasteiger partial charge in [-0.05, 0) is 56.3 Å². The van der Waals surface area contributed by atoms with Crippen LogP contribution in [0.2, 0.25) is 0 Å². The van der Waals surface area contributed by atoms with E-state index in [0.29, 0.717) is 6.04 Å². The molecule has 3 nitrogen and oxygen atoms in total. The van der Waals surface area contributed by atoms with Gasteiger partial charge in [-0.15, -0.1) is 0 Å². The third-order valence-corrected chi connectivity index (χ3v) is 4.20. The van der Waals surface area contributed by atoms with E-state index in [1.165, 1.54) is 49.9 Å². The summed E-state index contributed by atoms with van der Waals surface area (Å²) in [4.78, 5) is 6.93. The van der Waals surface area contributed by atoms with Crippen LogP contribution in [0.4, 0.5) is 0 Å². The topological polar surface area (TPSA) is 28.2 Å². The van der Waals surface area contributed by atoms with Crippen LogP contribution in [-0.2, 0) is 6.54 Å². The van der Waals surface area contributed by atoms with Gasteiger partial charge in [-0.1, -0.05) is 0 Å². The second kappa shape index (κ2) is 5.37. The molecule has 1 N–H and O–H groups in total. The Morgan fingerprint density at radius 2 is 2.28 bits per heavy atom. The summed E-state index contributed by atoms with van der Waals surface area (Å²) in [7, 11) is 0. The fraction of sp³-hybridized carbons (Fsp3) is 0.667. The monoisotopic (exact) mass is 245 g/mol. The maximum Gasteiger partial charge on any atom is 0.0315 e. The highest BCUT2D eigenvalue weighted by molar-refractivity contribution is 5.21. The van der Waals surface area contributed by atoms with Gasteiger partial charge in [0, 0.05) is 37.6 Å². The molecule has 0 spiro atoms. The number of aromatic nitrogens is 1. The Bertz CT molecular complexity index is 394. The van der Waals surface area contributed by atoms with Crippen LogP contribution in [0, 0.1) is 6.92 Å². The van der Waals surface area contributed by atoms with E-state index in [1.54, 1.807) is 0 Å². The molecular weight excluding hydrogens is 222 g/mol. The molecule has 1 saturated carbocycles. The SMILES string of the molecule is Cc1ccncc1CN(CC1CCCN1)C1CC1. The number of nitrogens with zero attached hydrogens (tertiary/aromatic N) is 2. The van der Waals surface area contributed by atoms with Gasteiger partial charge in [0.15, 0.2) is 0 Å². The molecule has 0 bridgehead atoms. The summed E-state index contributed by atoms with van der Waals surface area (Å²) in [6.07, 6.45) is 9.37. The highest BCUT2D eigenvalue weighted by atomic mass is 15.2. The van der Waals surface area contributed by atoms with Crippen molar-refractivity contribution in [2.45, 2.75) is 51.2 Å². The predicted octanol–water partition coefficient (Wildman–Crippen LogP) is 2.11. The van der Waals surface area contributed by atoms with E-state index in [4.69, 9.17) is 0 Å². The maximum absolute atomic E-state index is 4.27. The summed E-state index contributed by atoms with van der Waals surface area (Å²) in [6.45, 7) is 5.67. The molecule has 1 saturated heterocycles. The summed E-state index contributed by atoms with van der Waals surface area (Å²) >= 11 is 0. The first kappa shape index (κ1) is 12.1. The summed E-state index contributed by atoms with van der Waals surface area (Å²) < 4.78 is 0. The second-order valence-electron chi connectivity index (χ2n) is 5.76. The molecule has 1 aliphatic heterocycles. The zero-order valence-corrected chi connectivity index (χ0v) is 11.2. The highest BCUT2D eigenvalue weighted by Crippen LogP contribution is 2.29. The molecule has 0 amide bonds. The molecule has 98 valence electrons. The molecule has 0 radical (unpaired) electrons. The van der Waals surface area contributed by atoms with E-state index in [0.717, 1.165) is 12.6 Å². The minimum absolute atomic E-state index is 0.711. The van der Waals surface area contributed by atoms with Crippen LogP contribution < -0.4 is 5.32 Å². The molecule has 2 heterocycles. The van der Waals surface area contributed by atoms with Crippen molar-refractivity contribution in [2.24, 2.45) is 0 Å². The number of pyridine rings is 1. The molecule has 2 aliphatic rings. The van der Waals surface area contributed by atoms with Gasteiger partial charge in [0.25, 0.3) is 0 Å². The molecule has 1 unspecified atom stereocenters. The molecule has 1 aliphatic carbocycles. The maximum atomic E-state index is 4.27. The number of aryl methyl sites for hydroxylation is 1. The van der Waals surface area contributed by atoms with Crippen LogP contribution in [0.1, 0.15) is 36.8 Å². The molecule has 1 aromatic heterocycles. The normalized spacial score (nSPS) is 23.8. The first-order valence-corrected chi connectivity index (χ1v) is 7.20. The quantitative estimate of drug-likeness (QED) is 0.861. The van der Waals surface area contributed by atoms with Crippen molar-refractivity contribution in [1.29, 1.82) is 0 Å². The van der Waals surface area contributed by atoms with E-state index in [2.05, 4.69) is 28.2 Å². The molecule has 0 aromatic carbocycles. The van der Waals surface area contributed by atoms with Crippen LogP contribution in [0.25, 0.3) is 0 Å². The van der Waals surface area contributed by atoms with Crippen LogP contribution >= 0.6 is 0 Å². The molecule has 3 rings (SSSR count). The fourth-order valence-electron chi connectivity index (χ4n) is 2.86. The van der Waals surface area contributed by atoms with E-state index < -0.39 is 0 Å². The van der Waals surface area contributed by atoms with E-state index >= 15 is 0 Å². The fourth-order valence-corrected chi connectivity index (χ4v) is 2.86. The number of hydrogen-bond donors (Lipinski definition) is 1. The summed E-state index contributed by atoms with van der Waals surface area (Å²) in [5.41, 5.74) is 2.76. The van der Waals surface area contributed by atoms with Crippen molar-refractivity contribution in [1.82, 2.24) is 15.2 Å². The predicted molar refractivity (Wildman–Crippen MR) is 73.4 cm³/mol. The molecular formula is C15H23N3. The lowest BCUT2D eigenvalue weighted by Crippen LogP contribution is -2.38. The lowest BCUT2D eigenvalue weighted by molar-refractivity contribution is 0.230. The number of nitrogens with one attached hydrogen (secondary N) is 1. The Balaban J connectivity index is 1.64. The van der Waals surface area contributed by atoms with Gasteiger partial charge in [0.1, 0.15) is 0 Å². The van der Waals surface area contributed by atoms with Crippen molar-refractivity contribution in [2.75, 3.05) is 13.1 Å². The Morgan fingerprint density at radius 1 is 1.39 bits per heavy atom. The first-order chi connectivity index (χ1) is 8.83. The van der Waals surface area contributed by atoms with Gasteiger partial charge < -0.3 is 5.32 Å². The average Bonchev–Trinajstić information content (AvgIpc) is 3.10. The van der Waals surface area contributed by atoms with Crippen molar-refractivity contribution in [3.63, 3.8) is 0 Å². The minimum Gasteiger partial charge on any atom is -0.313 e. The summed E-state index contributed by atoms with van der Waals surface area (Å²) in [6, 6.07) is 3.66. The minimum atomic E-state index is 0.711. The number of hydrogen-bond acceptors (Lipinski definition) is 3. The van der Waals surface area contributed by atoms with E-state index in [1.807, 2.05) is 12.4 Å². The zero-order chi connectivity index (χ0) is 12.4. The van der Waals surface area contributed by atoms with Gasteiger partial charge in [0.05, 0.1) is 0 Å². The Labute approximate surface area is 110 Å². The number of rotatable bonds is 5. The van der Waals surface area contributed by atoms with Crippen molar-refractivity contribution >= 4 is 0 Å². The van der Waals surface area contributed by atoms with Crippen molar-refractivity contribution in [3.05, 3.63) is 29.6 Å². The van der Waals surface area contributed by atoms with Gasteiger partial charge in [-0.2, -0.15) is 0 Å². The molecule has 1 aromatic rings. The highest BCUT2D eigenvalue weighted by Gasteiger charge is 2.31. The van der Waals surface area contributed by atoms with E-state index in [9.17, 15) is 0 Å². The standard InChI is InChI=1S/C15H23N3/c1-12-6-8-16-9-13(12)10-18(15-4-5-15)11-14-3-2-7-17-14/h6,8-9,14-15,17H,2-5,7,10-11H2,1H3. The summed E-state index contributed by atoms with van der Waals surface area (Å²) in [5.74, 6) is 0. The van der Waals surface area contributed by atoms with Gasteiger partial charge in [-0.25, -0.2) is 0 Å². The average molecular weight is 245 g/mol. The molecule has 3 heteroatoms. The smallest absolute Gasteiger partial charge is 0.0315 e. The molecule has 1 atom stereocenters. The first-order valence-electron chi connectivity index (χ1n) is 7.20. The third-order valence-electron chi connectivity index (χ3n) is 4.20.